The molecular weight excluding hydrogens is 204 g/mol. The SMILES string of the molecule is N#CC(NC1CC1)c1ccc2c(c1)OCO2. The summed E-state index contributed by atoms with van der Waals surface area (Å²) in [6, 6.07) is 8.19. The molecule has 1 aromatic carbocycles. The van der Waals surface area contributed by atoms with E-state index < -0.39 is 0 Å². The first-order valence-electron chi connectivity index (χ1n) is 5.42. The van der Waals surface area contributed by atoms with Gasteiger partial charge in [-0.05, 0) is 30.5 Å². The van der Waals surface area contributed by atoms with E-state index >= 15 is 0 Å². The van der Waals surface area contributed by atoms with Crippen LogP contribution in [0.3, 0.4) is 0 Å². The number of rotatable bonds is 3. The van der Waals surface area contributed by atoms with Gasteiger partial charge in [0.1, 0.15) is 6.04 Å². The van der Waals surface area contributed by atoms with Gasteiger partial charge in [-0.3, -0.25) is 5.32 Å². The fourth-order valence-electron chi connectivity index (χ4n) is 1.79. The summed E-state index contributed by atoms with van der Waals surface area (Å²) in [6.45, 7) is 0.270. The van der Waals surface area contributed by atoms with E-state index in [1.807, 2.05) is 18.2 Å². The van der Waals surface area contributed by atoms with E-state index in [0.717, 1.165) is 17.1 Å². The lowest BCUT2D eigenvalue weighted by Crippen LogP contribution is -2.21. The molecule has 16 heavy (non-hydrogen) atoms. The molecule has 0 saturated heterocycles. The summed E-state index contributed by atoms with van der Waals surface area (Å²) >= 11 is 0. The minimum atomic E-state index is -0.248. The van der Waals surface area contributed by atoms with Crippen molar-refractivity contribution in [2.75, 3.05) is 6.79 Å². The number of benzene rings is 1. The fourth-order valence-corrected chi connectivity index (χ4v) is 1.79. The van der Waals surface area contributed by atoms with Crippen molar-refractivity contribution < 1.29 is 9.47 Å². The van der Waals surface area contributed by atoms with Gasteiger partial charge in [0.05, 0.1) is 6.07 Å². The van der Waals surface area contributed by atoms with Crippen LogP contribution in [-0.4, -0.2) is 12.8 Å². The van der Waals surface area contributed by atoms with Crippen molar-refractivity contribution in [2.24, 2.45) is 0 Å². The summed E-state index contributed by atoms with van der Waals surface area (Å²) in [6.07, 6.45) is 2.34. The highest BCUT2D eigenvalue weighted by Gasteiger charge is 2.26. The quantitative estimate of drug-likeness (QED) is 0.836. The Bertz CT molecular complexity index is 449. The van der Waals surface area contributed by atoms with Crippen LogP contribution in [0.15, 0.2) is 18.2 Å². The maximum absolute atomic E-state index is 9.12. The molecule has 1 aliphatic heterocycles. The molecule has 1 unspecified atom stereocenters. The molecule has 1 atom stereocenters. The van der Waals surface area contributed by atoms with Crippen LogP contribution in [0.5, 0.6) is 11.5 Å². The summed E-state index contributed by atoms with van der Waals surface area (Å²) in [7, 11) is 0. The Morgan fingerprint density at radius 3 is 2.88 bits per heavy atom. The van der Waals surface area contributed by atoms with E-state index in [-0.39, 0.29) is 12.8 Å². The maximum Gasteiger partial charge on any atom is 0.231 e. The third-order valence-corrected chi connectivity index (χ3v) is 2.84. The Balaban J connectivity index is 1.84. The number of hydrogen-bond donors (Lipinski definition) is 1. The molecule has 1 aromatic rings. The largest absolute Gasteiger partial charge is 0.454 e. The van der Waals surface area contributed by atoms with Gasteiger partial charge < -0.3 is 9.47 Å². The predicted molar refractivity (Wildman–Crippen MR) is 57.1 cm³/mol. The third-order valence-electron chi connectivity index (χ3n) is 2.84. The number of nitrogens with one attached hydrogen (secondary N) is 1. The minimum absolute atomic E-state index is 0.248. The zero-order valence-corrected chi connectivity index (χ0v) is 8.77. The lowest BCUT2D eigenvalue weighted by Gasteiger charge is -2.11. The van der Waals surface area contributed by atoms with Crippen LogP contribution < -0.4 is 14.8 Å². The lowest BCUT2D eigenvalue weighted by atomic mass is 10.1. The number of hydrogen-bond acceptors (Lipinski definition) is 4. The van der Waals surface area contributed by atoms with Crippen LogP contribution in [0.2, 0.25) is 0 Å². The minimum Gasteiger partial charge on any atom is -0.454 e. The Morgan fingerprint density at radius 2 is 2.12 bits per heavy atom. The molecule has 4 heteroatoms. The molecule has 4 nitrogen and oxygen atoms in total. The van der Waals surface area contributed by atoms with Gasteiger partial charge in [-0.25, -0.2) is 0 Å². The fraction of sp³-hybridized carbons (Fsp3) is 0.417. The van der Waals surface area contributed by atoms with Gasteiger partial charge in [0.15, 0.2) is 11.5 Å². The second kappa shape index (κ2) is 3.69. The second-order valence-electron chi connectivity index (χ2n) is 4.12. The highest BCUT2D eigenvalue weighted by Crippen LogP contribution is 2.34. The summed E-state index contributed by atoms with van der Waals surface area (Å²) in [4.78, 5) is 0. The van der Waals surface area contributed by atoms with Gasteiger partial charge >= 0.3 is 0 Å². The van der Waals surface area contributed by atoms with Gasteiger partial charge in [-0.2, -0.15) is 5.26 Å². The predicted octanol–water partition coefficient (Wildman–Crippen LogP) is 1.73. The van der Waals surface area contributed by atoms with Crippen LogP contribution in [0.1, 0.15) is 24.4 Å². The maximum atomic E-state index is 9.12. The van der Waals surface area contributed by atoms with Crippen molar-refractivity contribution in [3.63, 3.8) is 0 Å². The molecule has 1 heterocycles. The second-order valence-corrected chi connectivity index (χ2v) is 4.12. The Labute approximate surface area is 93.8 Å². The van der Waals surface area contributed by atoms with Crippen molar-refractivity contribution in [1.29, 1.82) is 5.26 Å². The van der Waals surface area contributed by atoms with Crippen molar-refractivity contribution in [3.8, 4) is 17.6 Å². The molecule has 0 amide bonds. The van der Waals surface area contributed by atoms with E-state index in [2.05, 4.69) is 11.4 Å². The van der Waals surface area contributed by atoms with Crippen LogP contribution in [0.4, 0.5) is 0 Å². The average molecular weight is 216 g/mol. The first-order chi connectivity index (χ1) is 7.86. The lowest BCUT2D eigenvalue weighted by molar-refractivity contribution is 0.174. The van der Waals surface area contributed by atoms with E-state index in [4.69, 9.17) is 14.7 Å². The summed E-state index contributed by atoms with van der Waals surface area (Å²) < 4.78 is 10.5. The molecule has 82 valence electrons. The molecule has 1 saturated carbocycles. The van der Waals surface area contributed by atoms with E-state index in [9.17, 15) is 0 Å². The molecule has 0 aromatic heterocycles. The summed E-state index contributed by atoms with van der Waals surface area (Å²) in [5.74, 6) is 1.49. The molecular formula is C12H12N2O2. The van der Waals surface area contributed by atoms with Gasteiger partial charge in [0.25, 0.3) is 0 Å². The van der Waals surface area contributed by atoms with Crippen LogP contribution in [-0.2, 0) is 0 Å². The molecule has 2 aliphatic rings. The third kappa shape index (κ3) is 1.70. The van der Waals surface area contributed by atoms with Crippen LogP contribution in [0.25, 0.3) is 0 Å². The van der Waals surface area contributed by atoms with Crippen LogP contribution >= 0.6 is 0 Å². The summed E-state index contributed by atoms with van der Waals surface area (Å²) in [5.41, 5.74) is 0.943. The monoisotopic (exact) mass is 216 g/mol. The molecule has 0 radical (unpaired) electrons. The first-order valence-corrected chi connectivity index (χ1v) is 5.42. The molecule has 1 aliphatic carbocycles. The number of ether oxygens (including phenoxy) is 2. The zero-order valence-electron chi connectivity index (χ0n) is 8.77. The number of nitrogens with zero attached hydrogens (tertiary/aromatic N) is 1. The Kier molecular flexibility index (Phi) is 2.19. The zero-order chi connectivity index (χ0) is 11.0. The van der Waals surface area contributed by atoms with Crippen molar-refractivity contribution in [3.05, 3.63) is 23.8 Å². The van der Waals surface area contributed by atoms with Crippen molar-refractivity contribution >= 4 is 0 Å². The van der Waals surface area contributed by atoms with Gasteiger partial charge in [-0.15, -0.1) is 0 Å². The Morgan fingerprint density at radius 1 is 1.31 bits per heavy atom. The van der Waals surface area contributed by atoms with E-state index in [1.54, 1.807) is 0 Å². The molecule has 1 N–H and O–H groups in total. The Hall–Kier alpha value is -1.73. The number of fused-ring (bicyclic) bond motifs is 1. The topological polar surface area (TPSA) is 54.3 Å². The summed E-state index contributed by atoms with van der Waals surface area (Å²) in [5, 5.41) is 12.4. The van der Waals surface area contributed by atoms with Gasteiger partial charge in [-0.1, -0.05) is 6.07 Å². The van der Waals surface area contributed by atoms with Gasteiger partial charge in [0.2, 0.25) is 6.79 Å². The first kappa shape index (κ1) is 9.49. The highest BCUT2D eigenvalue weighted by atomic mass is 16.7. The standard InChI is InChI=1S/C12H12N2O2/c13-6-10(14-9-2-3-9)8-1-4-11-12(5-8)16-7-15-11/h1,4-5,9-10,14H,2-3,7H2. The molecule has 3 rings (SSSR count). The van der Waals surface area contributed by atoms with E-state index in [0.29, 0.717) is 6.04 Å². The van der Waals surface area contributed by atoms with Crippen LogP contribution in [0, 0.1) is 11.3 Å². The molecule has 0 bridgehead atoms. The molecule has 0 spiro atoms. The average Bonchev–Trinajstić information content (AvgIpc) is 3.01. The smallest absolute Gasteiger partial charge is 0.231 e. The highest BCUT2D eigenvalue weighted by molar-refractivity contribution is 5.46. The van der Waals surface area contributed by atoms with Crippen molar-refractivity contribution in [2.45, 2.75) is 24.9 Å². The normalized spacial score (nSPS) is 19.2. The number of nitriles is 1. The van der Waals surface area contributed by atoms with Crippen molar-refractivity contribution in [1.82, 2.24) is 5.32 Å². The van der Waals surface area contributed by atoms with E-state index in [1.165, 1.54) is 12.8 Å². The van der Waals surface area contributed by atoms with Gasteiger partial charge in [0, 0.05) is 6.04 Å². The molecule has 1 fully saturated rings.